The average Bonchev–Trinajstić information content (AvgIpc) is 2.58. The van der Waals surface area contributed by atoms with Crippen LogP contribution in [0.3, 0.4) is 0 Å². The Morgan fingerprint density at radius 2 is 1.78 bits per heavy atom. The van der Waals surface area contributed by atoms with Crippen LogP contribution in [0.25, 0.3) is 0 Å². The summed E-state index contributed by atoms with van der Waals surface area (Å²) in [6.07, 6.45) is 0. The van der Waals surface area contributed by atoms with Gasteiger partial charge < -0.3 is 10.2 Å². The van der Waals surface area contributed by atoms with Crippen molar-refractivity contribution in [2.24, 2.45) is 0 Å². The third-order valence-corrected chi connectivity index (χ3v) is 5.19. The van der Waals surface area contributed by atoms with E-state index >= 15 is 0 Å². The molecular weight excluding hydrogens is 312 g/mol. The minimum Gasteiger partial charge on any atom is -0.354 e. The molecule has 0 spiro atoms. The zero-order chi connectivity index (χ0) is 16.3. The number of nitrogens with zero attached hydrogens (tertiary/aromatic N) is 2. The maximum absolute atomic E-state index is 12.4. The predicted molar refractivity (Wildman–Crippen MR) is 91.3 cm³/mol. The molecule has 0 unspecified atom stereocenters. The van der Waals surface area contributed by atoms with Crippen LogP contribution in [0.4, 0.5) is 11.5 Å². The van der Waals surface area contributed by atoms with Crippen molar-refractivity contribution < 1.29 is 8.42 Å². The SMILES string of the molecule is Cc1nc(N2CCNCC2)ccc1NS(=O)(=O)c1ccccc1. The Morgan fingerprint density at radius 3 is 2.43 bits per heavy atom. The first-order chi connectivity index (χ1) is 11.1. The number of benzene rings is 1. The average molecular weight is 332 g/mol. The third kappa shape index (κ3) is 3.62. The molecule has 0 bridgehead atoms. The summed E-state index contributed by atoms with van der Waals surface area (Å²) in [7, 11) is -3.59. The smallest absolute Gasteiger partial charge is 0.261 e. The zero-order valence-corrected chi connectivity index (χ0v) is 13.8. The number of pyridine rings is 1. The van der Waals surface area contributed by atoms with Crippen LogP contribution in [-0.2, 0) is 10.0 Å². The van der Waals surface area contributed by atoms with Gasteiger partial charge in [0.2, 0.25) is 0 Å². The van der Waals surface area contributed by atoms with Crippen molar-refractivity contribution in [3.63, 3.8) is 0 Å². The number of sulfonamides is 1. The first-order valence-corrected chi connectivity index (χ1v) is 9.06. The molecule has 2 heterocycles. The molecule has 7 heteroatoms. The van der Waals surface area contributed by atoms with Crippen molar-refractivity contribution in [1.29, 1.82) is 0 Å². The van der Waals surface area contributed by atoms with Crippen molar-refractivity contribution in [3.8, 4) is 0 Å². The standard InChI is InChI=1S/C16H20N4O2S/c1-13-15(19-23(21,22)14-5-3-2-4-6-14)7-8-16(18-13)20-11-9-17-10-12-20/h2-8,17,19H,9-12H2,1H3. The van der Waals surface area contributed by atoms with E-state index in [1.807, 2.05) is 13.0 Å². The third-order valence-electron chi connectivity index (χ3n) is 3.81. The van der Waals surface area contributed by atoms with Gasteiger partial charge in [-0.1, -0.05) is 18.2 Å². The molecule has 6 nitrogen and oxygen atoms in total. The number of nitrogens with one attached hydrogen (secondary N) is 2. The van der Waals surface area contributed by atoms with Gasteiger partial charge in [0.1, 0.15) is 5.82 Å². The lowest BCUT2D eigenvalue weighted by atomic mass is 10.3. The van der Waals surface area contributed by atoms with Crippen molar-refractivity contribution in [3.05, 3.63) is 48.2 Å². The molecule has 2 N–H and O–H groups in total. The zero-order valence-electron chi connectivity index (χ0n) is 13.0. The lowest BCUT2D eigenvalue weighted by Gasteiger charge is -2.28. The van der Waals surface area contributed by atoms with Gasteiger partial charge in [-0.2, -0.15) is 0 Å². The van der Waals surface area contributed by atoms with Gasteiger partial charge in [0.25, 0.3) is 10.0 Å². The molecule has 1 aliphatic rings. The van der Waals surface area contributed by atoms with Gasteiger partial charge in [0.05, 0.1) is 16.3 Å². The number of anilines is 2. The Hall–Kier alpha value is -2.12. The summed E-state index contributed by atoms with van der Waals surface area (Å²) in [5.41, 5.74) is 1.17. The molecule has 2 aromatic rings. The predicted octanol–water partition coefficient (Wildman–Crippen LogP) is 1.60. The van der Waals surface area contributed by atoms with Crippen LogP contribution in [0.1, 0.15) is 5.69 Å². The Balaban J connectivity index is 1.81. The maximum atomic E-state index is 12.4. The molecule has 1 aliphatic heterocycles. The van der Waals surface area contributed by atoms with Crippen LogP contribution in [0, 0.1) is 6.92 Å². The molecule has 23 heavy (non-hydrogen) atoms. The maximum Gasteiger partial charge on any atom is 0.261 e. The molecule has 1 fully saturated rings. The highest BCUT2D eigenvalue weighted by atomic mass is 32.2. The van der Waals surface area contributed by atoms with Crippen LogP contribution < -0.4 is 14.9 Å². The molecular formula is C16H20N4O2S. The number of hydrogen-bond acceptors (Lipinski definition) is 5. The van der Waals surface area contributed by atoms with Crippen LogP contribution >= 0.6 is 0 Å². The number of aromatic nitrogens is 1. The van der Waals surface area contributed by atoms with Crippen LogP contribution in [0.2, 0.25) is 0 Å². The summed E-state index contributed by atoms with van der Waals surface area (Å²) >= 11 is 0. The molecule has 0 aliphatic carbocycles. The molecule has 122 valence electrons. The van der Waals surface area contributed by atoms with Crippen molar-refractivity contribution >= 4 is 21.5 Å². The van der Waals surface area contributed by atoms with E-state index in [9.17, 15) is 8.42 Å². The van der Waals surface area contributed by atoms with E-state index < -0.39 is 10.0 Å². The van der Waals surface area contributed by atoms with E-state index in [4.69, 9.17) is 0 Å². The second-order valence-corrected chi connectivity index (χ2v) is 7.14. The second-order valence-electron chi connectivity index (χ2n) is 5.46. The van der Waals surface area contributed by atoms with Crippen LogP contribution in [0.15, 0.2) is 47.4 Å². The monoisotopic (exact) mass is 332 g/mol. The lowest BCUT2D eigenvalue weighted by molar-refractivity contribution is 0.584. The van der Waals surface area contributed by atoms with E-state index in [2.05, 4.69) is 19.9 Å². The normalized spacial score (nSPS) is 15.4. The number of rotatable bonds is 4. The molecule has 1 saturated heterocycles. The van der Waals surface area contributed by atoms with E-state index in [0.29, 0.717) is 11.4 Å². The minimum absolute atomic E-state index is 0.241. The molecule has 1 aromatic carbocycles. The van der Waals surface area contributed by atoms with Gasteiger partial charge in [-0.15, -0.1) is 0 Å². The fourth-order valence-corrected chi connectivity index (χ4v) is 3.67. The minimum atomic E-state index is -3.59. The van der Waals surface area contributed by atoms with Gasteiger partial charge in [-0.3, -0.25) is 4.72 Å². The molecule has 0 atom stereocenters. The highest BCUT2D eigenvalue weighted by Crippen LogP contribution is 2.22. The number of hydrogen-bond donors (Lipinski definition) is 2. The van der Waals surface area contributed by atoms with Gasteiger partial charge >= 0.3 is 0 Å². The molecule has 1 aromatic heterocycles. The summed E-state index contributed by atoms with van der Waals surface area (Å²) in [6.45, 7) is 5.49. The Labute approximate surface area is 136 Å². The van der Waals surface area contributed by atoms with Crippen molar-refractivity contribution in [2.45, 2.75) is 11.8 Å². The van der Waals surface area contributed by atoms with E-state index in [-0.39, 0.29) is 4.90 Å². The summed E-state index contributed by atoms with van der Waals surface area (Å²) in [5, 5.41) is 3.30. The summed E-state index contributed by atoms with van der Waals surface area (Å²) in [5.74, 6) is 0.881. The van der Waals surface area contributed by atoms with Gasteiger partial charge in [-0.05, 0) is 31.2 Å². The Bertz CT molecular complexity index is 772. The fraction of sp³-hybridized carbons (Fsp3) is 0.312. The highest BCUT2D eigenvalue weighted by molar-refractivity contribution is 7.92. The van der Waals surface area contributed by atoms with Crippen LogP contribution in [-0.4, -0.2) is 39.6 Å². The largest absolute Gasteiger partial charge is 0.354 e. The van der Waals surface area contributed by atoms with Gasteiger partial charge in [0, 0.05) is 26.2 Å². The molecule has 0 radical (unpaired) electrons. The van der Waals surface area contributed by atoms with Gasteiger partial charge in [0.15, 0.2) is 0 Å². The molecule has 0 saturated carbocycles. The lowest BCUT2D eigenvalue weighted by Crippen LogP contribution is -2.43. The van der Waals surface area contributed by atoms with Crippen molar-refractivity contribution in [2.75, 3.05) is 35.8 Å². The summed E-state index contributed by atoms with van der Waals surface area (Å²) in [4.78, 5) is 6.98. The summed E-state index contributed by atoms with van der Waals surface area (Å²) in [6, 6.07) is 12.0. The quantitative estimate of drug-likeness (QED) is 0.890. The Kier molecular flexibility index (Phi) is 4.49. The van der Waals surface area contributed by atoms with E-state index in [1.165, 1.54) is 0 Å². The first kappa shape index (κ1) is 15.8. The topological polar surface area (TPSA) is 74.3 Å². The van der Waals surface area contributed by atoms with Gasteiger partial charge in [-0.25, -0.2) is 13.4 Å². The fourth-order valence-electron chi connectivity index (χ4n) is 2.53. The first-order valence-electron chi connectivity index (χ1n) is 7.57. The molecule has 0 amide bonds. The number of piperazine rings is 1. The van der Waals surface area contributed by atoms with E-state index in [0.717, 1.165) is 32.0 Å². The van der Waals surface area contributed by atoms with Crippen LogP contribution in [0.5, 0.6) is 0 Å². The highest BCUT2D eigenvalue weighted by Gasteiger charge is 2.17. The number of aryl methyl sites for hydroxylation is 1. The van der Waals surface area contributed by atoms with E-state index in [1.54, 1.807) is 36.4 Å². The summed E-state index contributed by atoms with van der Waals surface area (Å²) < 4.78 is 27.4. The second kappa shape index (κ2) is 6.55. The Morgan fingerprint density at radius 1 is 1.09 bits per heavy atom. The molecule has 3 rings (SSSR count). The van der Waals surface area contributed by atoms with Crippen molar-refractivity contribution in [1.82, 2.24) is 10.3 Å².